The minimum Gasteiger partial charge on any atom is -0.403 e. The van der Waals surface area contributed by atoms with Gasteiger partial charge in [-0.05, 0) is 12.1 Å². The predicted octanol–water partition coefficient (Wildman–Crippen LogP) is 2.13. The van der Waals surface area contributed by atoms with Crippen molar-refractivity contribution in [3.8, 4) is 0 Å². The average Bonchev–Trinajstić information content (AvgIpc) is 3.09. The third-order valence-electron chi connectivity index (χ3n) is 2.71. The summed E-state index contributed by atoms with van der Waals surface area (Å²) in [5.41, 5.74) is 10.4. The number of nitrogens with one attached hydrogen (secondary N) is 2. The van der Waals surface area contributed by atoms with Crippen LogP contribution in [0.2, 0.25) is 10.0 Å². The number of halogens is 2. The molecule has 0 spiro atoms. The first kappa shape index (κ1) is 25.2. The summed E-state index contributed by atoms with van der Waals surface area (Å²) in [6, 6.07) is 4.74. The molecular formula is C17H23Cl2N7O2. The van der Waals surface area contributed by atoms with Gasteiger partial charge >= 0.3 is 0 Å². The Hall–Kier alpha value is -2.85. The number of hydrazine groups is 1. The first-order valence-electron chi connectivity index (χ1n) is 7.73. The molecule has 9 nitrogen and oxygen atoms in total. The molecule has 152 valence electrons. The molecule has 0 bridgehead atoms. The molecule has 1 amide bonds. The highest BCUT2D eigenvalue weighted by molar-refractivity contribution is 6.40. The van der Waals surface area contributed by atoms with Crippen LogP contribution in [-0.4, -0.2) is 41.0 Å². The molecular weight excluding hydrogens is 405 g/mol. The second kappa shape index (κ2) is 14.2. The molecule has 11 heteroatoms. The number of hydrogen-bond donors (Lipinski definition) is 5. The Morgan fingerprint density at radius 3 is 2.36 bits per heavy atom. The molecule has 2 aromatic rings. The molecule has 2 rings (SSSR count). The minimum absolute atomic E-state index is 0.152. The zero-order valence-electron chi connectivity index (χ0n) is 15.2. The maximum Gasteiger partial charge on any atom is 0.258 e. The molecule has 0 saturated heterocycles. The number of aromatic nitrogens is 2. The third kappa shape index (κ3) is 9.19. The van der Waals surface area contributed by atoms with Gasteiger partial charge in [0.25, 0.3) is 5.91 Å². The standard InChI is InChI=1S/C11H7Cl2N3O2.C3H9N3.C3H7N/c12-6-2-1-3-7(13)10(6)11(18)15-8-4-14-16-9(8)5-17;1-6(5)3-2-4;1-2-3-4/h1-5H,(H,14,16)(H,15,18);2-3H,4-5H2,1H3;2H,1,3-4H2/b;3-2+;. The Balaban J connectivity index is 0.000000608. The van der Waals surface area contributed by atoms with E-state index in [1.165, 1.54) is 17.4 Å². The topological polar surface area (TPSA) is 156 Å². The van der Waals surface area contributed by atoms with Crippen molar-refractivity contribution in [1.82, 2.24) is 15.2 Å². The fourth-order valence-corrected chi connectivity index (χ4v) is 2.09. The first-order chi connectivity index (χ1) is 13.3. The minimum atomic E-state index is -0.505. The summed E-state index contributed by atoms with van der Waals surface area (Å²) in [7, 11) is 1.70. The van der Waals surface area contributed by atoms with Gasteiger partial charge in [0.05, 0.1) is 27.5 Å². The largest absolute Gasteiger partial charge is 0.403 e. The van der Waals surface area contributed by atoms with E-state index in [1.807, 2.05) is 0 Å². The SMILES string of the molecule is C=CCN.CN(N)/C=C/N.O=Cc1[nH]ncc1NC(=O)c1c(Cl)cccc1Cl. The second-order valence-electron chi connectivity index (χ2n) is 4.90. The van der Waals surface area contributed by atoms with Gasteiger partial charge in [-0.2, -0.15) is 5.10 Å². The summed E-state index contributed by atoms with van der Waals surface area (Å²) in [6.45, 7) is 3.94. The fraction of sp³-hybridized carbons (Fsp3) is 0.118. The van der Waals surface area contributed by atoms with Crippen LogP contribution in [0.3, 0.4) is 0 Å². The lowest BCUT2D eigenvalue weighted by atomic mass is 10.2. The maximum absolute atomic E-state index is 12.0. The number of rotatable bonds is 5. The van der Waals surface area contributed by atoms with Gasteiger partial charge < -0.3 is 21.8 Å². The molecule has 8 N–H and O–H groups in total. The quantitative estimate of drug-likeness (QED) is 0.211. The number of hydrogen-bond acceptors (Lipinski definition) is 7. The van der Waals surface area contributed by atoms with Gasteiger partial charge in [0.2, 0.25) is 0 Å². The van der Waals surface area contributed by atoms with Crippen LogP contribution in [0.15, 0.2) is 49.5 Å². The van der Waals surface area contributed by atoms with E-state index >= 15 is 0 Å². The second-order valence-corrected chi connectivity index (χ2v) is 5.71. The summed E-state index contributed by atoms with van der Waals surface area (Å²) >= 11 is 11.8. The number of carbonyl (C=O) groups excluding carboxylic acids is 2. The number of amides is 1. The van der Waals surface area contributed by atoms with Gasteiger partial charge in [-0.15, -0.1) is 6.58 Å². The number of anilines is 1. The van der Waals surface area contributed by atoms with Crippen LogP contribution in [0.4, 0.5) is 5.69 Å². The van der Waals surface area contributed by atoms with E-state index < -0.39 is 5.91 Å². The molecule has 0 aliphatic rings. The van der Waals surface area contributed by atoms with Crippen molar-refractivity contribution in [1.29, 1.82) is 0 Å². The smallest absolute Gasteiger partial charge is 0.258 e. The Bertz CT molecular complexity index is 771. The highest BCUT2D eigenvalue weighted by Gasteiger charge is 2.16. The lowest BCUT2D eigenvalue weighted by Gasteiger charge is -2.07. The summed E-state index contributed by atoms with van der Waals surface area (Å²) in [6.07, 6.45) is 6.46. The molecule has 1 heterocycles. The van der Waals surface area contributed by atoms with Crippen LogP contribution in [0.25, 0.3) is 0 Å². The monoisotopic (exact) mass is 427 g/mol. The van der Waals surface area contributed by atoms with Gasteiger partial charge in [0.1, 0.15) is 5.69 Å². The van der Waals surface area contributed by atoms with E-state index in [0.717, 1.165) is 0 Å². The molecule has 0 aliphatic carbocycles. The van der Waals surface area contributed by atoms with Crippen LogP contribution < -0.4 is 22.6 Å². The molecule has 1 aromatic carbocycles. The number of aromatic amines is 1. The Morgan fingerprint density at radius 2 is 1.96 bits per heavy atom. The van der Waals surface area contributed by atoms with Crippen LogP contribution in [0.5, 0.6) is 0 Å². The van der Waals surface area contributed by atoms with Gasteiger partial charge in [-0.25, -0.2) is 5.84 Å². The average molecular weight is 428 g/mol. The fourth-order valence-electron chi connectivity index (χ4n) is 1.52. The number of benzene rings is 1. The van der Waals surface area contributed by atoms with Gasteiger partial charge in [-0.3, -0.25) is 14.7 Å². The van der Waals surface area contributed by atoms with E-state index in [2.05, 4.69) is 22.1 Å². The van der Waals surface area contributed by atoms with Crippen molar-refractivity contribution in [3.05, 3.63) is 70.8 Å². The van der Waals surface area contributed by atoms with Crippen molar-refractivity contribution in [2.75, 3.05) is 18.9 Å². The Morgan fingerprint density at radius 1 is 1.39 bits per heavy atom. The van der Waals surface area contributed by atoms with Crippen LogP contribution >= 0.6 is 23.2 Å². The summed E-state index contributed by atoms with van der Waals surface area (Å²) in [5.74, 6) is 4.56. The lowest BCUT2D eigenvalue weighted by molar-refractivity contribution is 0.102. The third-order valence-corrected chi connectivity index (χ3v) is 3.34. The van der Waals surface area contributed by atoms with Crippen molar-refractivity contribution >= 4 is 41.1 Å². The molecule has 0 aliphatic heterocycles. The molecule has 28 heavy (non-hydrogen) atoms. The molecule has 0 radical (unpaired) electrons. The Kier molecular flexibility index (Phi) is 12.8. The normalized spacial score (nSPS) is 9.46. The van der Waals surface area contributed by atoms with Crippen molar-refractivity contribution in [2.24, 2.45) is 17.3 Å². The van der Waals surface area contributed by atoms with Crippen LogP contribution in [-0.2, 0) is 0 Å². The zero-order chi connectivity index (χ0) is 21.5. The summed E-state index contributed by atoms with van der Waals surface area (Å²) < 4.78 is 0. The number of nitrogens with zero attached hydrogens (tertiary/aromatic N) is 2. The number of carbonyl (C=O) groups is 2. The molecule has 1 aromatic heterocycles. The van der Waals surface area contributed by atoms with Crippen molar-refractivity contribution in [2.45, 2.75) is 0 Å². The summed E-state index contributed by atoms with van der Waals surface area (Å²) in [4.78, 5) is 22.6. The van der Waals surface area contributed by atoms with Gasteiger partial charge in [-0.1, -0.05) is 35.3 Å². The van der Waals surface area contributed by atoms with Gasteiger partial charge in [0.15, 0.2) is 6.29 Å². The maximum atomic E-state index is 12.0. The zero-order valence-corrected chi connectivity index (χ0v) is 16.7. The van der Waals surface area contributed by atoms with Crippen molar-refractivity contribution < 1.29 is 9.59 Å². The van der Waals surface area contributed by atoms with Gasteiger partial charge in [0, 0.05) is 26.0 Å². The van der Waals surface area contributed by atoms with Crippen molar-refractivity contribution in [3.63, 3.8) is 0 Å². The molecule has 0 saturated carbocycles. The van der Waals surface area contributed by atoms with E-state index in [9.17, 15) is 9.59 Å². The first-order valence-corrected chi connectivity index (χ1v) is 8.48. The predicted molar refractivity (Wildman–Crippen MR) is 113 cm³/mol. The molecule has 0 atom stereocenters. The molecule has 0 fully saturated rings. The number of H-pyrrole nitrogens is 1. The van der Waals surface area contributed by atoms with Crippen LogP contribution in [0.1, 0.15) is 20.8 Å². The van der Waals surface area contributed by atoms with Crippen LogP contribution in [0, 0.1) is 0 Å². The molecule has 0 unspecified atom stereocenters. The summed E-state index contributed by atoms with van der Waals surface area (Å²) in [5, 5.41) is 10.4. The lowest BCUT2D eigenvalue weighted by Crippen LogP contribution is -2.18. The van der Waals surface area contributed by atoms with E-state index in [4.69, 9.17) is 40.5 Å². The van der Waals surface area contributed by atoms with E-state index in [-0.39, 0.29) is 27.0 Å². The highest BCUT2D eigenvalue weighted by Crippen LogP contribution is 2.25. The highest BCUT2D eigenvalue weighted by atomic mass is 35.5. The Labute approximate surface area is 173 Å². The van der Waals surface area contributed by atoms with E-state index in [0.29, 0.717) is 12.8 Å². The number of aldehydes is 1. The number of nitrogens with two attached hydrogens (primary N) is 3. The van der Waals surface area contributed by atoms with E-state index in [1.54, 1.807) is 37.5 Å².